The third-order valence-electron chi connectivity index (χ3n) is 6.93. The van der Waals surface area contributed by atoms with Crippen molar-refractivity contribution in [3.8, 4) is 17.0 Å². The number of sulfone groups is 1. The van der Waals surface area contributed by atoms with Crippen LogP contribution in [0.3, 0.4) is 0 Å². The molecule has 2 N–H and O–H groups in total. The van der Waals surface area contributed by atoms with Crippen molar-refractivity contribution in [1.82, 2.24) is 20.5 Å². The number of amides is 1. The monoisotopic (exact) mass is 576 g/mol. The van der Waals surface area contributed by atoms with Crippen molar-refractivity contribution in [1.29, 1.82) is 0 Å². The molecule has 13 heteroatoms. The number of benzene rings is 2. The van der Waals surface area contributed by atoms with E-state index in [-0.39, 0.29) is 22.6 Å². The van der Waals surface area contributed by atoms with Crippen LogP contribution in [0.5, 0.6) is 5.88 Å². The van der Waals surface area contributed by atoms with E-state index in [2.05, 4.69) is 20.5 Å². The zero-order valence-corrected chi connectivity index (χ0v) is 22.0. The summed E-state index contributed by atoms with van der Waals surface area (Å²) >= 11 is 0. The maximum atomic E-state index is 15.6. The van der Waals surface area contributed by atoms with Gasteiger partial charge in [-0.1, -0.05) is 31.4 Å². The van der Waals surface area contributed by atoms with Gasteiger partial charge in [-0.05, 0) is 31.0 Å². The predicted octanol–water partition coefficient (Wildman–Crippen LogP) is 5.23. The van der Waals surface area contributed by atoms with E-state index in [4.69, 9.17) is 4.74 Å². The van der Waals surface area contributed by atoms with E-state index in [0.29, 0.717) is 6.07 Å². The fraction of sp³-hybridized carbons (Fsp3) is 0.296. The SMILES string of the molecule is COc1ncc(F)cc1S(=O)(=O)Cc1ccc(F)c(-c2ccc3c(C(=O)NC4CCCCC4)[nH]nc3c2F)c1F. The predicted molar refractivity (Wildman–Crippen MR) is 137 cm³/mol. The van der Waals surface area contributed by atoms with Crippen molar-refractivity contribution < 1.29 is 35.5 Å². The lowest BCUT2D eigenvalue weighted by atomic mass is 9.95. The number of rotatable bonds is 7. The number of halogens is 4. The van der Waals surface area contributed by atoms with Crippen molar-refractivity contribution in [2.24, 2.45) is 0 Å². The highest BCUT2D eigenvalue weighted by Gasteiger charge is 2.28. The van der Waals surface area contributed by atoms with Crippen LogP contribution in [-0.4, -0.2) is 42.7 Å². The van der Waals surface area contributed by atoms with Crippen LogP contribution in [0.1, 0.15) is 48.2 Å². The lowest BCUT2D eigenvalue weighted by Gasteiger charge is -2.22. The molecule has 1 fully saturated rings. The summed E-state index contributed by atoms with van der Waals surface area (Å²) in [6.45, 7) is 0. The summed E-state index contributed by atoms with van der Waals surface area (Å²) < 4.78 is 90.7. The first-order valence-electron chi connectivity index (χ1n) is 12.5. The van der Waals surface area contributed by atoms with Gasteiger partial charge in [0.25, 0.3) is 5.91 Å². The molecule has 0 spiro atoms. The highest BCUT2D eigenvalue weighted by atomic mass is 32.2. The van der Waals surface area contributed by atoms with E-state index in [1.807, 2.05) is 0 Å². The first-order valence-corrected chi connectivity index (χ1v) is 14.1. The second-order valence-corrected chi connectivity index (χ2v) is 11.5. The Bertz CT molecular complexity index is 1720. The van der Waals surface area contributed by atoms with Gasteiger partial charge in [0.15, 0.2) is 15.7 Å². The number of hydrogen-bond donors (Lipinski definition) is 2. The van der Waals surface area contributed by atoms with E-state index >= 15 is 8.78 Å². The third kappa shape index (κ3) is 5.12. The maximum absolute atomic E-state index is 15.6. The first-order chi connectivity index (χ1) is 19.1. The summed E-state index contributed by atoms with van der Waals surface area (Å²) in [5.74, 6) is -6.40. The Balaban J connectivity index is 1.50. The number of carbonyl (C=O) groups excluding carboxylic acids is 1. The minimum absolute atomic E-state index is 0.00550. The van der Waals surface area contributed by atoms with Crippen LogP contribution in [0.4, 0.5) is 17.6 Å². The van der Waals surface area contributed by atoms with Gasteiger partial charge in [0.05, 0.1) is 24.6 Å². The Morgan fingerprint density at radius 3 is 2.55 bits per heavy atom. The molecular formula is C27H24F4N4O4S. The Kier molecular flexibility index (Phi) is 7.49. The van der Waals surface area contributed by atoms with Gasteiger partial charge < -0.3 is 10.1 Å². The number of ether oxygens (including phenoxy) is 1. The highest BCUT2D eigenvalue weighted by Crippen LogP contribution is 2.35. The standard InChI is InChI=1S/C27H24F4N4O4S/c1-39-27-20(11-15(28)12-32-27)40(37,38)13-14-7-10-19(29)21(22(14)30)17-8-9-18-24(23(17)31)34-35-25(18)26(36)33-16-5-3-2-4-6-16/h7-12,16H,2-6,13H2,1H3,(H,33,36)(H,34,35). The average molecular weight is 577 g/mol. The van der Waals surface area contributed by atoms with E-state index in [1.54, 1.807) is 0 Å². The molecule has 4 aromatic rings. The molecule has 210 valence electrons. The summed E-state index contributed by atoms with van der Waals surface area (Å²) in [5, 5.41) is 9.41. The smallest absolute Gasteiger partial charge is 0.270 e. The quantitative estimate of drug-likeness (QED) is 0.292. The zero-order chi connectivity index (χ0) is 28.6. The maximum Gasteiger partial charge on any atom is 0.270 e. The third-order valence-corrected chi connectivity index (χ3v) is 8.59. The number of pyridine rings is 1. The van der Waals surface area contributed by atoms with Crippen LogP contribution in [0.25, 0.3) is 22.0 Å². The zero-order valence-electron chi connectivity index (χ0n) is 21.2. The van der Waals surface area contributed by atoms with E-state index in [9.17, 15) is 22.0 Å². The van der Waals surface area contributed by atoms with Gasteiger partial charge in [-0.25, -0.2) is 31.0 Å². The molecule has 2 heterocycles. The van der Waals surface area contributed by atoms with Gasteiger partial charge in [-0.3, -0.25) is 9.89 Å². The van der Waals surface area contributed by atoms with Crippen LogP contribution in [-0.2, 0) is 15.6 Å². The number of aromatic nitrogens is 3. The van der Waals surface area contributed by atoms with Crippen molar-refractivity contribution in [2.45, 2.75) is 48.8 Å². The minimum Gasteiger partial charge on any atom is -0.480 e. The van der Waals surface area contributed by atoms with Gasteiger partial charge in [0, 0.05) is 22.6 Å². The topological polar surface area (TPSA) is 114 Å². The fourth-order valence-electron chi connectivity index (χ4n) is 4.94. The van der Waals surface area contributed by atoms with Crippen LogP contribution < -0.4 is 10.1 Å². The second kappa shape index (κ2) is 10.9. The van der Waals surface area contributed by atoms with Crippen LogP contribution in [0.15, 0.2) is 41.4 Å². The normalized spacial score (nSPS) is 14.4. The van der Waals surface area contributed by atoms with Gasteiger partial charge in [0.2, 0.25) is 5.88 Å². The summed E-state index contributed by atoms with van der Waals surface area (Å²) in [6.07, 6.45) is 5.53. The van der Waals surface area contributed by atoms with E-state index in [1.165, 1.54) is 6.07 Å². The number of methoxy groups -OCH3 is 1. The molecule has 2 aromatic carbocycles. The summed E-state index contributed by atoms with van der Waals surface area (Å²) in [5.41, 5.74) is -2.11. The number of aromatic amines is 1. The van der Waals surface area contributed by atoms with Crippen molar-refractivity contribution in [3.05, 3.63) is 71.1 Å². The van der Waals surface area contributed by atoms with Crippen molar-refractivity contribution in [3.63, 3.8) is 0 Å². The van der Waals surface area contributed by atoms with E-state index in [0.717, 1.165) is 63.6 Å². The molecule has 1 amide bonds. The van der Waals surface area contributed by atoms with E-state index < -0.39 is 72.2 Å². The molecule has 40 heavy (non-hydrogen) atoms. The summed E-state index contributed by atoms with van der Waals surface area (Å²) in [6, 6.07) is 4.80. The Morgan fingerprint density at radius 2 is 1.82 bits per heavy atom. The Labute approximate surface area is 226 Å². The number of nitrogens with zero attached hydrogens (tertiary/aromatic N) is 2. The summed E-state index contributed by atoms with van der Waals surface area (Å²) in [7, 11) is -3.29. The molecule has 0 aliphatic heterocycles. The van der Waals surface area contributed by atoms with Crippen LogP contribution in [0.2, 0.25) is 0 Å². The van der Waals surface area contributed by atoms with Gasteiger partial charge in [-0.2, -0.15) is 5.10 Å². The van der Waals surface area contributed by atoms with Gasteiger partial charge in [0.1, 0.15) is 33.6 Å². The van der Waals surface area contributed by atoms with Crippen LogP contribution >= 0.6 is 0 Å². The van der Waals surface area contributed by atoms with Crippen molar-refractivity contribution >= 4 is 26.6 Å². The molecule has 8 nitrogen and oxygen atoms in total. The Morgan fingerprint density at radius 1 is 1.07 bits per heavy atom. The molecule has 0 radical (unpaired) electrons. The lowest BCUT2D eigenvalue weighted by molar-refractivity contribution is 0.0924. The Hall–Kier alpha value is -4.00. The molecule has 1 saturated carbocycles. The number of hydrogen-bond acceptors (Lipinski definition) is 6. The largest absolute Gasteiger partial charge is 0.480 e. The highest BCUT2D eigenvalue weighted by molar-refractivity contribution is 7.90. The second-order valence-electron chi connectivity index (χ2n) is 9.55. The fourth-order valence-corrected chi connectivity index (χ4v) is 6.42. The molecule has 1 aliphatic carbocycles. The van der Waals surface area contributed by atoms with Gasteiger partial charge in [-0.15, -0.1) is 0 Å². The van der Waals surface area contributed by atoms with Crippen LogP contribution in [0, 0.1) is 23.3 Å². The molecule has 0 bridgehead atoms. The molecule has 2 aromatic heterocycles. The number of nitrogens with one attached hydrogen (secondary N) is 2. The minimum atomic E-state index is -4.42. The molecule has 0 unspecified atom stereocenters. The van der Waals surface area contributed by atoms with Crippen molar-refractivity contribution in [2.75, 3.05) is 7.11 Å². The lowest BCUT2D eigenvalue weighted by Crippen LogP contribution is -2.36. The summed E-state index contributed by atoms with van der Waals surface area (Å²) in [4.78, 5) is 15.8. The number of H-pyrrole nitrogens is 1. The first kappa shape index (κ1) is 27.6. The molecule has 1 aliphatic rings. The van der Waals surface area contributed by atoms with Gasteiger partial charge >= 0.3 is 0 Å². The molecule has 0 atom stereocenters. The number of carbonyl (C=O) groups is 1. The molecule has 5 rings (SSSR count). The average Bonchev–Trinajstić information content (AvgIpc) is 3.37. The molecular weight excluding hydrogens is 552 g/mol. The molecule has 0 saturated heterocycles. The number of fused-ring (bicyclic) bond motifs is 1.